The van der Waals surface area contributed by atoms with E-state index in [0.29, 0.717) is 24.7 Å². The van der Waals surface area contributed by atoms with Crippen molar-refractivity contribution in [2.24, 2.45) is 0 Å². The third-order valence-electron chi connectivity index (χ3n) is 3.05. The molecule has 1 aliphatic rings. The normalized spacial score (nSPS) is 18.2. The lowest BCUT2D eigenvalue weighted by atomic mass is 10.1. The minimum Gasteiger partial charge on any atom is -0.353 e. The van der Waals surface area contributed by atoms with Crippen LogP contribution in [-0.2, 0) is 11.2 Å². The molecule has 2 heterocycles. The Labute approximate surface area is 100.0 Å². The van der Waals surface area contributed by atoms with Crippen molar-refractivity contribution in [1.82, 2.24) is 30.8 Å². The van der Waals surface area contributed by atoms with Crippen LogP contribution < -0.4 is 5.32 Å². The Kier molecular flexibility index (Phi) is 4.03. The molecular weight excluding hydrogens is 220 g/mol. The number of carbonyl (C=O) groups excluding carboxylic acids is 1. The van der Waals surface area contributed by atoms with E-state index < -0.39 is 0 Å². The molecule has 0 aliphatic carbocycles. The van der Waals surface area contributed by atoms with Crippen LogP contribution in [0.5, 0.6) is 0 Å². The highest BCUT2D eigenvalue weighted by atomic mass is 16.1. The van der Waals surface area contributed by atoms with Crippen LogP contribution in [0.4, 0.5) is 0 Å². The SMILES string of the molecule is CN1CCC(NC(=O)CCc2nn[nH]n2)CC1. The lowest BCUT2D eigenvalue weighted by molar-refractivity contribution is -0.122. The van der Waals surface area contributed by atoms with Crippen molar-refractivity contribution in [2.75, 3.05) is 20.1 Å². The maximum atomic E-state index is 11.7. The van der Waals surface area contributed by atoms with Gasteiger partial charge in [0.25, 0.3) is 0 Å². The van der Waals surface area contributed by atoms with Gasteiger partial charge < -0.3 is 10.2 Å². The van der Waals surface area contributed by atoms with E-state index in [2.05, 4.69) is 37.9 Å². The Hall–Kier alpha value is -1.50. The lowest BCUT2D eigenvalue weighted by Gasteiger charge is -2.29. The molecule has 2 N–H and O–H groups in total. The molecule has 0 bridgehead atoms. The number of nitrogens with zero attached hydrogens (tertiary/aromatic N) is 4. The molecule has 0 aromatic carbocycles. The molecule has 1 amide bonds. The summed E-state index contributed by atoms with van der Waals surface area (Å²) >= 11 is 0. The van der Waals surface area contributed by atoms with Gasteiger partial charge in [-0.2, -0.15) is 5.21 Å². The predicted octanol–water partition coefficient (Wildman–Crippen LogP) is -0.657. The fourth-order valence-electron chi connectivity index (χ4n) is 1.97. The zero-order chi connectivity index (χ0) is 12.1. The zero-order valence-electron chi connectivity index (χ0n) is 10.0. The molecule has 94 valence electrons. The largest absolute Gasteiger partial charge is 0.353 e. The van der Waals surface area contributed by atoms with E-state index in [9.17, 15) is 4.79 Å². The second-order valence-electron chi connectivity index (χ2n) is 4.47. The first kappa shape index (κ1) is 12.0. The van der Waals surface area contributed by atoms with E-state index in [-0.39, 0.29) is 5.91 Å². The number of aryl methyl sites for hydroxylation is 1. The lowest BCUT2D eigenvalue weighted by Crippen LogP contribution is -2.43. The number of likely N-dealkylation sites (tertiary alicyclic amines) is 1. The van der Waals surface area contributed by atoms with Crippen LogP contribution in [0, 0.1) is 0 Å². The predicted molar refractivity (Wildman–Crippen MR) is 61.2 cm³/mol. The number of piperidine rings is 1. The van der Waals surface area contributed by atoms with E-state index in [4.69, 9.17) is 0 Å². The number of aromatic nitrogens is 4. The van der Waals surface area contributed by atoms with Crippen LogP contribution >= 0.6 is 0 Å². The number of H-pyrrole nitrogens is 1. The molecule has 0 saturated carbocycles. The summed E-state index contributed by atoms with van der Waals surface area (Å²) in [6, 6.07) is 0.323. The van der Waals surface area contributed by atoms with Crippen LogP contribution in [-0.4, -0.2) is 57.6 Å². The van der Waals surface area contributed by atoms with Crippen molar-refractivity contribution in [3.8, 4) is 0 Å². The highest BCUT2D eigenvalue weighted by Gasteiger charge is 2.18. The van der Waals surface area contributed by atoms with Gasteiger partial charge >= 0.3 is 0 Å². The third kappa shape index (κ3) is 3.77. The minimum absolute atomic E-state index is 0.0735. The molecule has 0 atom stereocenters. The molecule has 0 radical (unpaired) electrons. The monoisotopic (exact) mass is 238 g/mol. The minimum atomic E-state index is 0.0735. The summed E-state index contributed by atoms with van der Waals surface area (Å²) in [7, 11) is 2.11. The van der Waals surface area contributed by atoms with Crippen LogP contribution in [0.25, 0.3) is 0 Å². The maximum absolute atomic E-state index is 11.7. The van der Waals surface area contributed by atoms with Crippen LogP contribution in [0.3, 0.4) is 0 Å². The van der Waals surface area contributed by atoms with E-state index in [1.54, 1.807) is 0 Å². The summed E-state index contributed by atoms with van der Waals surface area (Å²) < 4.78 is 0. The van der Waals surface area contributed by atoms with Gasteiger partial charge in [0.1, 0.15) is 0 Å². The number of nitrogens with one attached hydrogen (secondary N) is 2. The molecule has 1 aliphatic heterocycles. The second-order valence-corrected chi connectivity index (χ2v) is 4.47. The van der Waals surface area contributed by atoms with Gasteiger partial charge in [-0.3, -0.25) is 4.79 Å². The van der Waals surface area contributed by atoms with E-state index in [1.165, 1.54) is 0 Å². The Morgan fingerprint density at radius 1 is 1.53 bits per heavy atom. The molecule has 0 unspecified atom stereocenters. The summed E-state index contributed by atoms with van der Waals surface area (Å²) in [5.74, 6) is 0.660. The number of aromatic amines is 1. The Morgan fingerprint density at radius 3 is 2.94 bits per heavy atom. The Morgan fingerprint density at radius 2 is 2.29 bits per heavy atom. The Bertz CT molecular complexity index is 344. The van der Waals surface area contributed by atoms with Crippen molar-refractivity contribution in [2.45, 2.75) is 31.7 Å². The fraction of sp³-hybridized carbons (Fsp3) is 0.800. The summed E-state index contributed by atoms with van der Waals surface area (Å²) in [5, 5.41) is 16.5. The smallest absolute Gasteiger partial charge is 0.220 e. The fourth-order valence-corrected chi connectivity index (χ4v) is 1.97. The first-order valence-corrected chi connectivity index (χ1v) is 5.94. The highest BCUT2D eigenvalue weighted by Crippen LogP contribution is 2.08. The van der Waals surface area contributed by atoms with Gasteiger partial charge in [-0.05, 0) is 33.0 Å². The topological polar surface area (TPSA) is 86.8 Å². The first-order valence-electron chi connectivity index (χ1n) is 5.94. The van der Waals surface area contributed by atoms with Gasteiger partial charge in [0.05, 0.1) is 0 Å². The van der Waals surface area contributed by atoms with Gasteiger partial charge in [-0.15, -0.1) is 10.2 Å². The van der Waals surface area contributed by atoms with Crippen molar-refractivity contribution >= 4 is 5.91 Å². The quantitative estimate of drug-likeness (QED) is 0.727. The number of hydrogen-bond acceptors (Lipinski definition) is 5. The number of amides is 1. The second kappa shape index (κ2) is 5.72. The molecule has 1 aromatic heterocycles. The van der Waals surface area contributed by atoms with Gasteiger partial charge in [0.2, 0.25) is 5.91 Å². The third-order valence-corrected chi connectivity index (χ3v) is 3.05. The summed E-state index contributed by atoms with van der Waals surface area (Å²) in [6.07, 6.45) is 3.02. The van der Waals surface area contributed by atoms with E-state index in [0.717, 1.165) is 25.9 Å². The van der Waals surface area contributed by atoms with Crippen molar-refractivity contribution in [3.63, 3.8) is 0 Å². The average Bonchev–Trinajstić information content (AvgIpc) is 2.83. The van der Waals surface area contributed by atoms with E-state index in [1.807, 2.05) is 0 Å². The molecule has 1 fully saturated rings. The van der Waals surface area contributed by atoms with Crippen LogP contribution in [0.2, 0.25) is 0 Å². The molecule has 1 saturated heterocycles. The van der Waals surface area contributed by atoms with Gasteiger partial charge in [0.15, 0.2) is 5.82 Å². The van der Waals surface area contributed by atoms with Crippen LogP contribution in [0.1, 0.15) is 25.1 Å². The first-order chi connectivity index (χ1) is 8.24. The van der Waals surface area contributed by atoms with E-state index >= 15 is 0 Å². The van der Waals surface area contributed by atoms with Gasteiger partial charge in [-0.25, -0.2) is 0 Å². The van der Waals surface area contributed by atoms with Gasteiger partial charge in [-0.1, -0.05) is 5.21 Å². The summed E-state index contributed by atoms with van der Waals surface area (Å²) in [4.78, 5) is 14.0. The Balaban J connectivity index is 1.67. The highest BCUT2D eigenvalue weighted by molar-refractivity contribution is 5.76. The standard InChI is InChI=1S/C10H18N6O/c1-16-6-4-8(5-7-16)11-10(17)3-2-9-12-14-15-13-9/h8H,2-7H2,1H3,(H,11,17)(H,12,13,14,15). The van der Waals surface area contributed by atoms with Crippen molar-refractivity contribution in [1.29, 1.82) is 0 Å². The maximum Gasteiger partial charge on any atom is 0.220 e. The molecule has 17 heavy (non-hydrogen) atoms. The number of hydrogen-bond donors (Lipinski definition) is 2. The average molecular weight is 238 g/mol. The molecule has 2 rings (SSSR count). The van der Waals surface area contributed by atoms with Crippen molar-refractivity contribution < 1.29 is 4.79 Å². The van der Waals surface area contributed by atoms with Gasteiger partial charge in [0, 0.05) is 18.9 Å². The molecule has 7 nitrogen and oxygen atoms in total. The molecule has 1 aromatic rings. The summed E-state index contributed by atoms with van der Waals surface area (Å²) in [5.41, 5.74) is 0. The number of tetrazole rings is 1. The molecular formula is C10H18N6O. The summed E-state index contributed by atoms with van der Waals surface area (Å²) in [6.45, 7) is 2.10. The number of carbonyl (C=O) groups is 1. The molecule has 7 heteroatoms. The molecule has 0 spiro atoms. The zero-order valence-corrected chi connectivity index (χ0v) is 10.0. The van der Waals surface area contributed by atoms with Crippen LogP contribution in [0.15, 0.2) is 0 Å². The van der Waals surface area contributed by atoms with Crippen molar-refractivity contribution in [3.05, 3.63) is 5.82 Å². The number of rotatable bonds is 4.